The molecule has 0 atom stereocenters. The number of guanidine groups is 1. The Morgan fingerprint density at radius 3 is 2.55 bits per heavy atom. The summed E-state index contributed by atoms with van der Waals surface area (Å²) in [5.74, 6) is 1.27. The Kier molecular flexibility index (Phi) is 8.04. The lowest BCUT2D eigenvalue weighted by Crippen LogP contribution is -2.41. The first kappa shape index (κ1) is 18.0. The van der Waals surface area contributed by atoms with Gasteiger partial charge in [-0.25, -0.2) is 0 Å². The van der Waals surface area contributed by atoms with Gasteiger partial charge in [0.2, 0.25) is 0 Å². The van der Waals surface area contributed by atoms with E-state index in [2.05, 4.69) is 34.8 Å². The SMILES string of the molecule is CCNC(=NCC(C)C)NCCNC(=O)c1cccc(C)c1. The van der Waals surface area contributed by atoms with Crippen LogP contribution in [0, 0.1) is 12.8 Å². The van der Waals surface area contributed by atoms with Crippen molar-refractivity contribution < 1.29 is 4.79 Å². The van der Waals surface area contributed by atoms with E-state index < -0.39 is 0 Å². The molecule has 0 aromatic heterocycles. The lowest BCUT2D eigenvalue weighted by Gasteiger charge is -2.12. The third kappa shape index (κ3) is 7.11. The fourth-order valence-electron chi connectivity index (χ4n) is 1.86. The molecule has 1 rings (SSSR count). The summed E-state index contributed by atoms with van der Waals surface area (Å²) in [4.78, 5) is 16.5. The lowest BCUT2D eigenvalue weighted by molar-refractivity contribution is 0.0954. The molecule has 0 radical (unpaired) electrons. The number of aliphatic imine (C=N–C) groups is 1. The Bertz CT molecular complexity index is 497. The molecular weight excluding hydrogens is 276 g/mol. The van der Waals surface area contributed by atoms with Crippen LogP contribution in [0.5, 0.6) is 0 Å². The van der Waals surface area contributed by atoms with E-state index in [1.165, 1.54) is 0 Å². The van der Waals surface area contributed by atoms with Gasteiger partial charge in [0.25, 0.3) is 5.91 Å². The zero-order chi connectivity index (χ0) is 16.4. The van der Waals surface area contributed by atoms with Crippen LogP contribution in [0.25, 0.3) is 0 Å². The second-order valence-electron chi connectivity index (χ2n) is 5.67. The Balaban J connectivity index is 2.36. The molecule has 0 aliphatic heterocycles. The molecule has 122 valence electrons. The van der Waals surface area contributed by atoms with E-state index in [4.69, 9.17) is 0 Å². The number of amides is 1. The zero-order valence-corrected chi connectivity index (χ0v) is 14.1. The van der Waals surface area contributed by atoms with Gasteiger partial charge >= 0.3 is 0 Å². The zero-order valence-electron chi connectivity index (χ0n) is 14.1. The smallest absolute Gasteiger partial charge is 0.251 e. The van der Waals surface area contributed by atoms with Gasteiger partial charge in [0.15, 0.2) is 5.96 Å². The number of hydrogen-bond donors (Lipinski definition) is 3. The van der Waals surface area contributed by atoms with E-state index in [0.717, 1.165) is 24.6 Å². The first-order chi connectivity index (χ1) is 10.5. The average molecular weight is 304 g/mol. The fourth-order valence-corrected chi connectivity index (χ4v) is 1.86. The third-order valence-electron chi connectivity index (χ3n) is 2.94. The highest BCUT2D eigenvalue weighted by molar-refractivity contribution is 5.94. The van der Waals surface area contributed by atoms with Crippen LogP contribution in [0.2, 0.25) is 0 Å². The van der Waals surface area contributed by atoms with Gasteiger partial charge in [-0.05, 0) is 31.9 Å². The second-order valence-corrected chi connectivity index (χ2v) is 5.67. The largest absolute Gasteiger partial charge is 0.357 e. The van der Waals surface area contributed by atoms with E-state index in [0.29, 0.717) is 24.6 Å². The third-order valence-corrected chi connectivity index (χ3v) is 2.94. The quantitative estimate of drug-likeness (QED) is 0.410. The Morgan fingerprint density at radius 2 is 1.91 bits per heavy atom. The number of nitrogens with one attached hydrogen (secondary N) is 3. The molecule has 0 fully saturated rings. The molecule has 0 heterocycles. The molecule has 0 bridgehead atoms. The summed E-state index contributed by atoms with van der Waals surface area (Å²) in [5, 5.41) is 9.31. The highest BCUT2D eigenvalue weighted by Gasteiger charge is 2.04. The number of nitrogens with zero attached hydrogens (tertiary/aromatic N) is 1. The number of carbonyl (C=O) groups excluding carboxylic acids is 1. The molecule has 1 aromatic rings. The molecule has 5 nitrogen and oxygen atoms in total. The number of benzene rings is 1. The van der Waals surface area contributed by atoms with Crippen molar-refractivity contribution in [3.8, 4) is 0 Å². The van der Waals surface area contributed by atoms with Gasteiger partial charge in [-0.1, -0.05) is 31.5 Å². The van der Waals surface area contributed by atoms with Crippen molar-refractivity contribution in [3.05, 3.63) is 35.4 Å². The molecule has 0 spiro atoms. The maximum Gasteiger partial charge on any atom is 0.251 e. The summed E-state index contributed by atoms with van der Waals surface area (Å²) in [7, 11) is 0. The summed E-state index contributed by atoms with van der Waals surface area (Å²) < 4.78 is 0. The molecule has 0 aliphatic carbocycles. The van der Waals surface area contributed by atoms with E-state index in [-0.39, 0.29) is 5.91 Å². The minimum absolute atomic E-state index is 0.0466. The van der Waals surface area contributed by atoms with Gasteiger partial charge < -0.3 is 16.0 Å². The van der Waals surface area contributed by atoms with Crippen molar-refractivity contribution in [2.45, 2.75) is 27.7 Å². The van der Waals surface area contributed by atoms with Crippen LogP contribution in [-0.2, 0) is 0 Å². The highest BCUT2D eigenvalue weighted by atomic mass is 16.1. The van der Waals surface area contributed by atoms with Gasteiger partial charge in [-0.2, -0.15) is 0 Å². The molecular formula is C17H28N4O. The van der Waals surface area contributed by atoms with Crippen molar-refractivity contribution in [2.75, 3.05) is 26.2 Å². The standard InChI is InChI=1S/C17H28N4O/c1-5-18-17(21-12-13(2)3)20-10-9-19-16(22)15-8-6-7-14(4)11-15/h6-8,11,13H,5,9-10,12H2,1-4H3,(H,19,22)(H2,18,20,21). The average Bonchev–Trinajstić information content (AvgIpc) is 2.48. The minimum Gasteiger partial charge on any atom is -0.357 e. The Morgan fingerprint density at radius 1 is 1.18 bits per heavy atom. The summed E-state index contributed by atoms with van der Waals surface area (Å²) >= 11 is 0. The highest BCUT2D eigenvalue weighted by Crippen LogP contribution is 2.03. The van der Waals surface area contributed by atoms with Crippen LogP contribution < -0.4 is 16.0 Å². The molecule has 5 heteroatoms. The first-order valence-corrected chi connectivity index (χ1v) is 7.90. The van der Waals surface area contributed by atoms with Crippen molar-refractivity contribution in [2.24, 2.45) is 10.9 Å². The van der Waals surface area contributed by atoms with Gasteiger partial charge in [-0.15, -0.1) is 0 Å². The summed E-state index contributed by atoms with van der Waals surface area (Å²) in [6, 6.07) is 7.58. The molecule has 22 heavy (non-hydrogen) atoms. The lowest BCUT2D eigenvalue weighted by atomic mass is 10.1. The maximum atomic E-state index is 12.0. The molecule has 0 saturated heterocycles. The Labute approximate surface area is 133 Å². The topological polar surface area (TPSA) is 65.5 Å². The van der Waals surface area contributed by atoms with Crippen molar-refractivity contribution in [3.63, 3.8) is 0 Å². The van der Waals surface area contributed by atoms with Gasteiger partial charge in [0.1, 0.15) is 0 Å². The number of hydrogen-bond acceptors (Lipinski definition) is 2. The molecule has 1 amide bonds. The van der Waals surface area contributed by atoms with Crippen LogP contribution in [0.1, 0.15) is 36.7 Å². The maximum absolute atomic E-state index is 12.0. The normalized spacial score (nSPS) is 11.4. The van der Waals surface area contributed by atoms with Crippen LogP contribution in [0.4, 0.5) is 0 Å². The first-order valence-electron chi connectivity index (χ1n) is 7.90. The predicted octanol–water partition coefficient (Wildman–Crippen LogP) is 1.94. The predicted molar refractivity (Wildman–Crippen MR) is 92.3 cm³/mol. The molecule has 0 aliphatic rings. The van der Waals surface area contributed by atoms with Crippen LogP contribution >= 0.6 is 0 Å². The van der Waals surface area contributed by atoms with E-state index in [1.54, 1.807) is 0 Å². The molecule has 1 aromatic carbocycles. The van der Waals surface area contributed by atoms with Gasteiger partial charge in [0, 0.05) is 31.7 Å². The van der Waals surface area contributed by atoms with Crippen LogP contribution in [0.15, 0.2) is 29.3 Å². The van der Waals surface area contributed by atoms with Gasteiger partial charge in [-0.3, -0.25) is 9.79 Å². The van der Waals surface area contributed by atoms with Crippen molar-refractivity contribution in [1.29, 1.82) is 0 Å². The summed E-state index contributed by atoms with van der Waals surface area (Å²) in [6.45, 7) is 11.1. The molecule has 3 N–H and O–H groups in total. The Hall–Kier alpha value is -2.04. The number of rotatable bonds is 7. The molecule has 0 unspecified atom stereocenters. The summed E-state index contributed by atoms with van der Waals surface area (Å²) in [5.41, 5.74) is 1.78. The number of carbonyl (C=O) groups is 1. The van der Waals surface area contributed by atoms with Crippen molar-refractivity contribution >= 4 is 11.9 Å². The van der Waals surface area contributed by atoms with Crippen LogP contribution in [-0.4, -0.2) is 38.0 Å². The van der Waals surface area contributed by atoms with Crippen molar-refractivity contribution in [1.82, 2.24) is 16.0 Å². The minimum atomic E-state index is -0.0466. The summed E-state index contributed by atoms with van der Waals surface area (Å²) in [6.07, 6.45) is 0. The second kappa shape index (κ2) is 9.82. The van der Waals surface area contributed by atoms with Gasteiger partial charge in [0.05, 0.1) is 0 Å². The molecule has 0 saturated carbocycles. The van der Waals surface area contributed by atoms with Crippen LogP contribution in [0.3, 0.4) is 0 Å². The van der Waals surface area contributed by atoms with E-state index in [1.807, 2.05) is 38.1 Å². The van der Waals surface area contributed by atoms with E-state index in [9.17, 15) is 4.79 Å². The van der Waals surface area contributed by atoms with E-state index >= 15 is 0 Å². The fraction of sp³-hybridized carbons (Fsp3) is 0.529. The monoisotopic (exact) mass is 304 g/mol. The number of aryl methyl sites for hydroxylation is 1.